The number of nitrogens with zero attached hydrogens (tertiary/aromatic N) is 1. The fourth-order valence-electron chi connectivity index (χ4n) is 2.86. The Bertz CT molecular complexity index is 566. The highest BCUT2D eigenvalue weighted by molar-refractivity contribution is 5.95. The predicted octanol–water partition coefficient (Wildman–Crippen LogP) is 1.69. The van der Waals surface area contributed by atoms with E-state index in [0.717, 1.165) is 12.8 Å². The summed E-state index contributed by atoms with van der Waals surface area (Å²) in [5.41, 5.74) is 0.590. The zero-order valence-corrected chi connectivity index (χ0v) is 13.9. The summed E-state index contributed by atoms with van der Waals surface area (Å²) < 4.78 is 10.4. The number of amides is 2. The Hall–Kier alpha value is -2.24. The van der Waals surface area contributed by atoms with E-state index in [9.17, 15) is 9.59 Å². The highest BCUT2D eigenvalue weighted by atomic mass is 16.5. The van der Waals surface area contributed by atoms with Gasteiger partial charge in [0.2, 0.25) is 5.91 Å². The lowest BCUT2D eigenvalue weighted by Crippen LogP contribution is -2.39. The fourth-order valence-corrected chi connectivity index (χ4v) is 2.86. The molecule has 1 aromatic carbocycles. The smallest absolute Gasteiger partial charge is 0.253 e. The monoisotopic (exact) mass is 320 g/mol. The van der Waals surface area contributed by atoms with Crippen molar-refractivity contribution in [3.05, 3.63) is 23.8 Å². The van der Waals surface area contributed by atoms with E-state index in [1.165, 1.54) is 0 Å². The van der Waals surface area contributed by atoms with Gasteiger partial charge >= 0.3 is 0 Å². The van der Waals surface area contributed by atoms with Crippen LogP contribution in [0.3, 0.4) is 0 Å². The zero-order valence-electron chi connectivity index (χ0n) is 13.9. The number of piperidine rings is 1. The molecule has 0 atom stereocenters. The lowest BCUT2D eigenvalue weighted by atomic mass is 9.93. The largest absolute Gasteiger partial charge is 0.493 e. The van der Waals surface area contributed by atoms with Gasteiger partial charge in [0.1, 0.15) is 0 Å². The van der Waals surface area contributed by atoms with Gasteiger partial charge in [-0.1, -0.05) is 0 Å². The molecule has 1 heterocycles. The maximum atomic E-state index is 12.6. The lowest BCUT2D eigenvalue weighted by Gasteiger charge is -2.31. The summed E-state index contributed by atoms with van der Waals surface area (Å²) in [4.78, 5) is 25.9. The number of methoxy groups -OCH3 is 2. The summed E-state index contributed by atoms with van der Waals surface area (Å²) in [5, 5.41) is 2.65. The Kier molecular flexibility index (Phi) is 5.84. The lowest BCUT2D eigenvalue weighted by molar-refractivity contribution is -0.121. The summed E-state index contributed by atoms with van der Waals surface area (Å²) in [6.45, 7) is 1.35. The maximum Gasteiger partial charge on any atom is 0.253 e. The van der Waals surface area contributed by atoms with E-state index < -0.39 is 0 Å². The minimum Gasteiger partial charge on any atom is -0.493 e. The van der Waals surface area contributed by atoms with Gasteiger partial charge in [-0.05, 0) is 37.0 Å². The van der Waals surface area contributed by atoms with Crippen molar-refractivity contribution in [2.24, 2.45) is 5.92 Å². The molecular formula is C17H24N2O4. The van der Waals surface area contributed by atoms with Gasteiger partial charge in [-0.2, -0.15) is 0 Å². The molecule has 0 aromatic heterocycles. The van der Waals surface area contributed by atoms with Crippen LogP contribution in [0.1, 0.15) is 29.6 Å². The summed E-state index contributed by atoms with van der Waals surface area (Å²) in [6, 6.07) is 5.20. The van der Waals surface area contributed by atoms with Crippen LogP contribution < -0.4 is 14.8 Å². The number of ether oxygens (including phenoxy) is 2. The number of hydrogen-bond acceptors (Lipinski definition) is 4. The molecule has 1 saturated heterocycles. The van der Waals surface area contributed by atoms with Gasteiger partial charge in [-0.3, -0.25) is 9.59 Å². The fraction of sp³-hybridized carbons (Fsp3) is 0.529. The highest BCUT2D eigenvalue weighted by Crippen LogP contribution is 2.29. The third kappa shape index (κ3) is 4.15. The molecule has 6 heteroatoms. The van der Waals surface area contributed by atoms with E-state index in [1.54, 1.807) is 39.5 Å². The van der Waals surface area contributed by atoms with Gasteiger partial charge in [-0.15, -0.1) is 0 Å². The van der Waals surface area contributed by atoms with E-state index >= 15 is 0 Å². The molecule has 6 nitrogen and oxygen atoms in total. The second-order valence-corrected chi connectivity index (χ2v) is 5.68. The Labute approximate surface area is 136 Å². The van der Waals surface area contributed by atoms with Crippen LogP contribution in [-0.4, -0.2) is 51.1 Å². The second kappa shape index (κ2) is 7.85. The molecule has 1 N–H and O–H groups in total. The normalized spacial score (nSPS) is 15.2. The molecule has 0 saturated carbocycles. The molecule has 1 aliphatic heterocycles. The molecule has 0 unspecified atom stereocenters. The first kappa shape index (κ1) is 17.1. The van der Waals surface area contributed by atoms with Crippen LogP contribution in [0.4, 0.5) is 0 Å². The molecular weight excluding hydrogens is 296 g/mol. The zero-order chi connectivity index (χ0) is 16.8. The van der Waals surface area contributed by atoms with Crippen LogP contribution in [-0.2, 0) is 4.79 Å². The van der Waals surface area contributed by atoms with Crippen molar-refractivity contribution in [2.45, 2.75) is 19.3 Å². The number of rotatable bonds is 5. The Morgan fingerprint density at radius 3 is 2.39 bits per heavy atom. The van der Waals surface area contributed by atoms with Crippen molar-refractivity contribution in [2.75, 3.05) is 34.4 Å². The van der Waals surface area contributed by atoms with Crippen molar-refractivity contribution in [3.8, 4) is 11.5 Å². The molecule has 1 fully saturated rings. The predicted molar refractivity (Wildman–Crippen MR) is 86.9 cm³/mol. The third-order valence-corrected chi connectivity index (χ3v) is 4.29. The number of hydrogen-bond donors (Lipinski definition) is 1. The van der Waals surface area contributed by atoms with Gasteiger partial charge < -0.3 is 19.7 Å². The first-order chi connectivity index (χ1) is 11.1. The van der Waals surface area contributed by atoms with Gasteiger partial charge in [0.05, 0.1) is 14.2 Å². The van der Waals surface area contributed by atoms with Crippen LogP contribution in [0.15, 0.2) is 18.2 Å². The molecule has 0 spiro atoms. The van der Waals surface area contributed by atoms with Gasteiger partial charge in [0.15, 0.2) is 11.5 Å². The standard InChI is InChI=1S/C17H24N2O4/c1-18-16(20)10-12-6-8-19(9-7-12)17(21)13-4-5-14(22-2)15(11-13)23-3/h4-5,11-12H,6-10H2,1-3H3,(H,18,20). The number of likely N-dealkylation sites (tertiary alicyclic amines) is 1. The average Bonchev–Trinajstić information content (AvgIpc) is 2.60. The van der Waals surface area contributed by atoms with Crippen molar-refractivity contribution in [1.82, 2.24) is 10.2 Å². The molecule has 0 bridgehead atoms. The van der Waals surface area contributed by atoms with Crippen LogP contribution >= 0.6 is 0 Å². The summed E-state index contributed by atoms with van der Waals surface area (Å²) >= 11 is 0. The Balaban J connectivity index is 1.98. The molecule has 0 aliphatic carbocycles. The minimum atomic E-state index is -0.00986. The average molecular weight is 320 g/mol. The SMILES string of the molecule is CNC(=O)CC1CCN(C(=O)c2ccc(OC)c(OC)c2)CC1. The first-order valence-electron chi connectivity index (χ1n) is 7.81. The molecule has 1 aromatic rings. The van der Waals surface area contributed by atoms with Gasteiger partial charge in [0, 0.05) is 32.1 Å². The van der Waals surface area contributed by atoms with Crippen molar-refractivity contribution in [1.29, 1.82) is 0 Å². The summed E-state index contributed by atoms with van der Waals surface area (Å²) in [6.07, 6.45) is 2.24. The molecule has 1 aliphatic rings. The summed E-state index contributed by atoms with van der Waals surface area (Å²) in [5.74, 6) is 1.56. The van der Waals surface area contributed by atoms with E-state index in [4.69, 9.17) is 9.47 Å². The van der Waals surface area contributed by atoms with E-state index in [1.807, 2.05) is 4.90 Å². The summed E-state index contributed by atoms with van der Waals surface area (Å²) in [7, 11) is 4.77. The van der Waals surface area contributed by atoms with E-state index in [0.29, 0.717) is 42.5 Å². The quantitative estimate of drug-likeness (QED) is 0.896. The minimum absolute atomic E-state index is 0.00986. The molecule has 126 valence electrons. The molecule has 0 radical (unpaired) electrons. The number of carbonyl (C=O) groups excluding carboxylic acids is 2. The van der Waals surface area contributed by atoms with Crippen molar-refractivity contribution in [3.63, 3.8) is 0 Å². The van der Waals surface area contributed by atoms with Crippen molar-refractivity contribution < 1.29 is 19.1 Å². The third-order valence-electron chi connectivity index (χ3n) is 4.29. The number of benzene rings is 1. The maximum absolute atomic E-state index is 12.6. The van der Waals surface area contributed by atoms with Gasteiger partial charge in [-0.25, -0.2) is 0 Å². The Morgan fingerprint density at radius 2 is 1.83 bits per heavy atom. The molecule has 23 heavy (non-hydrogen) atoms. The molecule has 2 rings (SSSR count). The van der Waals surface area contributed by atoms with Crippen LogP contribution in [0.2, 0.25) is 0 Å². The van der Waals surface area contributed by atoms with Crippen LogP contribution in [0.5, 0.6) is 11.5 Å². The van der Waals surface area contributed by atoms with E-state index in [2.05, 4.69) is 5.32 Å². The highest BCUT2D eigenvalue weighted by Gasteiger charge is 2.25. The Morgan fingerprint density at radius 1 is 1.17 bits per heavy atom. The van der Waals surface area contributed by atoms with E-state index in [-0.39, 0.29) is 11.8 Å². The first-order valence-corrected chi connectivity index (χ1v) is 7.81. The van der Waals surface area contributed by atoms with Crippen molar-refractivity contribution >= 4 is 11.8 Å². The topological polar surface area (TPSA) is 67.9 Å². The number of nitrogens with one attached hydrogen (secondary N) is 1. The van der Waals surface area contributed by atoms with Crippen LogP contribution in [0, 0.1) is 5.92 Å². The molecule has 2 amide bonds. The van der Waals surface area contributed by atoms with Gasteiger partial charge in [0.25, 0.3) is 5.91 Å². The second-order valence-electron chi connectivity index (χ2n) is 5.68. The van der Waals surface area contributed by atoms with Crippen LogP contribution in [0.25, 0.3) is 0 Å². The number of carbonyl (C=O) groups is 2.